The van der Waals surface area contributed by atoms with Gasteiger partial charge in [-0.2, -0.15) is 0 Å². The summed E-state index contributed by atoms with van der Waals surface area (Å²) in [6.45, 7) is 2.48. The first-order valence-corrected chi connectivity index (χ1v) is 8.94. The van der Waals surface area contributed by atoms with Crippen molar-refractivity contribution in [3.8, 4) is 0 Å². The number of hydrogen-bond acceptors (Lipinski definition) is 1. The molecular formula is C18H19BrO. The minimum Gasteiger partial charge on any atom is -0.385 e. The Morgan fingerprint density at radius 3 is 2.50 bits per heavy atom. The highest BCUT2D eigenvalue weighted by atomic mass is 79.9. The summed E-state index contributed by atoms with van der Waals surface area (Å²) >= 11 is 4.06. The van der Waals surface area contributed by atoms with Crippen LogP contribution in [0.25, 0.3) is 0 Å². The van der Waals surface area contributed by atoms with Crippen molar-refractivity contribution in [3.05, 3.63) is 35.9 Å². The van der Waals surface area contributed by atoms with Crippen molar-refractivity contribution >= 4 is 15.9 Å². The van der Waals surface area contributed by atoms with Gasteiger partial charge in [0.05, 0.1) is 5.60 Å². The molecule has 0 aliphatic heterocycles. The standard InChI is InChI=1S/C18H19BrO/c1-17-13-10-7-9-11(12(10)16(17)19)15(17)18(20,14(9)13)8-5-3-2-4-6-8/h2-6,9-16,20H,7H2,1H3. The van der Waals surface area contributed by atoms with Crippen molar-refractivity contribution < 1.29 is 5.11 Å². The maximum atomic E-state index is 11.8. The van der Waals surface area contributed by atoms with Crippen molar-refractivity contribution in [2.45, 2.75) is 23.8 Å². The largest absolute Gasteiger partial charge is 0.385 e. The van der Waals surface area contributed by atoms with Gasteiger partial charge in [0.15, 0.2) is 0 Å². The molecule has 0 spiro atoms. The van der Waals surface area contributed by atoms with Gasteiger partial charge < -0.3 is 5.11 Å². The minimum absolute atomic E-state index is 0.336. The number of rotatable bonds is 1. The molecule has 10 atom stereocenters. The second-order valence-corrected chi connectivity index (χ2v) is 9.19. The maximum Gasteiger partial charge on any atom is 0.0966 e. The second kappa shape index (κ2) is 2.92. The normalized spacial score (nSPS) is 67.0. The van der Waals surface area contributed by atoms with Gasteiger partial charge in [0, 0.05) is 10.7 Å². The third kappa shape index (κ3) is 0.772. The van der Waals surface area contributed by atoms with Crippen molar-refractivity contribution in [1.29, 1.82) is 0 Å². The molecule has 1 N–H and O–H groups in total. The van der Waals surface area contributed by atoms with Crippen LogP contribution in [0.15, 0.2) is 30.3 Å². The number of alkyl halides is 1. The predicted octanol–water partition coefficient (Wildman–Crippen LogP) is 3.42. The summed E-state index contributed by atoms with van der Waals surface area (Å²) < 4.78 is 0. The summed E-state index contributed by atoms with van der Waals surface area (Å²) in [5.74, 6) is 5.14. The van der Waals surface area contributed by atoms with E-state index in [0.29, 0.717) is 22.1 Å². The quantitative estimate of drug-likeness (QED) is 0.782. The van der Waals surface area contributed by atoms with E-state index >= 15 is 0 Å². The fourth-order valence-corrected chi connectivity index (χ4v) is 9.61. The SMILES string of the molecule is CC12C(Br)C3C4CC5C3C1C(O)(c1ccccc1)C5C42. The van der Waals surface area contributed by atoms with Gasteiger partial charge >= 0.3 is 0 Å². The molecule has 2 heteroatoms. The molecule has 6 aliphatic carbocycles. The van der Waals surface area contributed by atoms with E-state index in [9.17, 15) is 5.11 Å². The first-order chi connectivity index (χ1) is 9.61. The summed E-state index contributed by atoms with van der Waals surface area (Å²) in [4.78, 5) is 0.646. The first-order valence-electron chi connectivity index (χ1n) is 8.03. The van der Waals surface area contributed by atoms with Gasteiger partial charge in [-0.1, -0.05) is 53.2 Å². The molecule has 10 unspecified atom stereocenters. The van der Waals surface area contributed by atoms with Crippen molar-refractivity contribution in [2.24, 2.45) is 46.8 Å². The Bertz CT molecular complexity index is 628. The van der Waals surface area contributed by atoms with Crippen LogP contribution in [-0.4, -0.2) is 9.93 Å². The molecule has 7 rings (SSSR count). The Balaban J connectivity index is 1.65. The minimum atomic E-state index is -0.540. The number of benzene rings is 1. The fourth-order valence-electron chi connectivity index (χ4n) is 8.28. The van der Waals surface area contributed by atoms with E-state index < -0.39 is 5.60 Å². The van der Waals surface area contributed by atoms with Gasteiger partial charge in [0.2, 0.25) is 0 Å². The van der Waals surface area contributed by atoms with Gasteiger partial charge in [-0.25, -0.2) is 0 Å². The van der Waals surface area contributed by atoms with E-state index in [0.717, 1.165) is 29.6 Å². The van der Waals surface area contributed by atoms with Crippen LogP contribution in [0.4, 0.5) is 0 Å². The second-order valence-electron chi connectivity index (χ2n) is 8.21. The predicted molar refractivity (Wildman–Crippen MR) is 80.2 cm³/mol. The lowest BCUT2D eigenvalue weighted by molar-refractivity contribution is -0.0284. The third-order valence-electron chi connectivity index (χ3n) is 8.21. The zero-order valence-corrected chi connectivity index (χ0v) is 13.1. The van der Waals surface area contributed by atoms with Crippen molar-refractivity contribution in [2.75, 3.05) is 0 Å². The van der Waals surface area contributed by atoms with Crippen LogP contribution >= 0.6 is 15.9 Å². The average Bonchev–Trinajstić information content (AvgIpc) is 3.16. The molecule has 0 aromatic heterocycles. The molecule has 104 valence electrons. The highest BCUT2D eigenvalue weighted by molar-refractivity contribution is 9.09. The van der Waals surface area contributed by atoms with Gasteiger partial charge in [-0.05, 0) is 52.9 Å². The monoisotopic (exact) mass is 330 g/mol. The zero-order chi connectivity index (χ0) is 13.4. The average molecular weight is 331 g/mol. The third-order valence-corrected chi connectivity index (χ3v) is 9.81. The molecule has 1 aromatic rings. The van der Waals surface area contributed by atoms with Gasteiger partial charge in [0.25, 0.3) is 0 Å². The lowest BCUT2D eigenvalue weighted by atomic mass is 9.64. The van der Waals surface area contributed by atoms with E-state index in [4.69, 9.17) is 0 Å². The summed E-state index contributed by atoms with van der Waals surface area (Å²) in [6, 6.07) is 10.6. The number of aliphatic hydroxyl groups is 1. The van der Waals surface area contributed by atoms with Crippen LogP contribution < -0.4 is 0 Å². The zero-order valence-electron chi connectivity index (χ0n) is 11.5. The van der Waals surface area contributed by atoms with E-state index in [2.05, 4.69) is 53.2 Å². The topological polar surface area (TPSA) is 20.2 Å². The van der Waals surface area contributed by atoms with Crippen LogP contribution in [0.5, 0.6) is 0 Å². The molecule has 20 heavy (non-hydrogen) atoms. The summed E-state index contributed by atoms with van der Waals surface area (Å²) in [6.07, 6.45) is 1.40. The van der Waals surface area contributed by atoms with E-state index in [1.807, 2.05) is 0 Å². The summed E-state index contributed by atoms with van der Waals surface area (Å²) in [5, 5.41) is 11.8. The molecular weight excluding hydrogens is 312 g/mol. The van der Waals surface area contributed by atoms with Crippen LogP contribution in [0.1, 0.15) is 18.9 Å². The molecule has 6 saturated carbocycles. The smallest absolute Gasteiger partial charge is 0.0966 e. The molecule has 1 nitrogen and oxygen atoms in total. The van der Waals surface area contributed by atoms with Gasteiger partial charge in [-0.3, -0.25) is 0 Å². The number of hydrogen-bond donors (Lipinski definition) is 1. The van der Waals surface area contributed by atoms with Crippen LogP contribution in [0.3, 0.4) is 0 Å². The summed E-state index contributed by atoms with van der Waals surface area (Å²) in [7, 11) is 0. The fraction of sp³-hybridized carbons (Fsp3) is 0.667. The lowest BCUT2D eigenvalue weighted by Crippen LogP contribution is -2.38. The molecule has 1 aromatic carbocycles. The van der Waals surface area contributed by atoms with Crippen LogP contribution in [0, 0.1) is 46.8 Å². The Hall–Kier alpha value is -0.340. The Morgan fingerprint density at radius 2 is 1.80 bits per heavy atom. The molecule has 0 amide bonds. The van der Waals surface area contributed by atoms with Crippen LogP contribution in [-0.2, 0) is 5.60 Å². The molecule has 0 heterocycles. The Labute approximate surface area is 127 Å². The highest BCUT2D eigenvalue weighted by Crippen LogP contribution is 2.91. The van der Waals surface area contributed by atoms with Crippen molar-refractivity contribution in [3.63, 3.8) is 0 Å². The van der Waals surface area contributed by atoms with E-state index in [-0.39, 0.29) is 0 Å². The van der Waals surface area contributed by atoms with Crippen molar-refractivity contribution in [1.82, 2.24) is 0 Å². The molecule has 6 fully saturated rings. The molecule has 6 aliphatic rings. The van der Waals surface area contributed by atoms with Crippen LogP contribution in [0.2, 0.25) is 0 Å². The van der Waals surface area contributed by atoms with E-state index in [1.54, 1.807) is 0 Å². The highest BCUT2D eigenvalue weighted by Gasteiger charge is 2.91. The molecule has 0 saturated heterocycles. The van der Waals surface area contributed by atoms with E-state index in [1.165, 1.54) is 12.0 Å². The number of halogens is 1. The van der Waals surface area contributed by atoms with Gasteiger partial charge in [-0.15, -0.1) is 0 Å². The lowest BCUT2D eigenvalue weighted by Gasteiger charge is -2.40. The Morgan fingerprint density at radius 1 is 1.10 bits per heavy atom. The van der Waals surface area contributed by atoms with Gasteiger partial charge in [0.1, 0.15) is 0 Å². The maximum absolute atomic E-state index is 11.8. The summed E-state index contributed by atoms with van der Waals surface area (Å²) in [5.41, 5.74) is 0.990. The molecule has 0 radical (unpaired) electrons. The molecule has 6 bridgehead atoms. The first kappa shape index (κ1) is 11.3. The Kier molecular flexibility index (Phi) is 1.64.